The zero-order chi connectivity index (χ0) is 20.9. The molecule has 3 heterocycles. The first-order valence-corrected chi connectivity index (χ1v) is 11.3. The summed E-state index contributed by atoms with van der Waals surface area (Å²) in [5, 5.41) is 1.23. The van der Waals surface area contributed by atoms with Gasteiger partial charge in [-0.3, -0.25) is 4.90 Å². The summed E-state index contributed by atoms with van der Waals surface area (Å²) in [5.41, 5.74) is 4.68. The number of nitrogens with one attached hydrogen (secondary N) is 1. The summed E-state index contributed by atoms with van der Waals surface area (Å²) in [6.07, 6.45) is 4.49. The number of methoxy groups -OCH3 is 1. The second-order valence-electron chi connectivity index (χ2n) is 8.34. The highest BCUT2D eigenvalue weighted by atomic mass is 16.5. The van der Waals surface area contributed by atoms with Crippen LogP contribution >= 0.6 is 0 Å². The van der Waals surface area contributed by atoms with Gasteiger partial charge in [-0.2, -0.15) is 0 Å². The summed E-state index contributed by atoms with van der Waals surface area (Å²) in [5.74, 6) is 1.64. The minimum Gasteiger partial charge on any atom is -0.497 e. The molecule has 3 aromatic rings. The molecule has 1 aliphatic heterocycles. The number of nitrogens with zero attached hydrogens (tertiary/aromatic N) is 3. The van der Waals surface area contributed by atoms with Crippen molar-refractivity contribution in [2.75, 3.05) is 39.8 Å². The van der Waals surface area contributed by atoms with E-state index in [1.54, 1.807) is 7.11 Å². The first-order chi connectivity index (χ1) is 14.7. The van der Waals surface area contributed by atoms with Crippen molar-refractivity contribution in [1.29, 1.82) is 0 Å². The molecular weight excluding hydrogens is 372 g/mol. The first-order valence-electron chi connectivity index (χ1n) is 11.3. The van der Waals surface area contributed by atoms with E-state index in [0.29, 0.717) is 0 Å². The largest absolute Gasteiger partial charge is 0.497 e. The molecule has 1 unspecified atom stereocenters. The molecule has 1 fully saturated rings. The quantitative estimate of drug-likeness (QED) is 0.584. The summed E-state index contributed by atoms with van der Waals surface area (Å²) in [6, 6.07) is 12.5. The van der Waals surface area contributed by atoms with E-state index in [-0.39, 0.29) is 0 Å². The van der Waals surface area contributed by atoms with Gasteiger partial charge in [0.25, 0.3) is 0 Å². The maximum absolute atomic E-state index is 5.34. The molecule has 5 nitrogen and oxygen atoms in total. The molecule has 1 aliphatic rings. The standard InChI is InChI=1S/C25H34N4O/c1-4-28(5-2)16-19-8-7-15-29(17-19)18-23-22-9-6-14-26-25(22)27-24(23)20-10-12-21(30-3)13-11-20/h6,9-14,19H,4-5,7-8,15-18H2,1-3H3,(H,26,27). The Morgan fingerprint density at radius 2 is 1.97 bits per heavy atom. The lowest BCUT2D eigenvalue weighted by atomic mass is 9.96. The normalized spacial score (nSPS) is 17.7. The smallest absolute Gasteiger partial charge is 0.138 e. The lowest BCUT2D eigenvalue weighted by Crippen LogP contribution is -2.40. The lowest BCUT2D eigenvalue weighted by Gasteiger charge is -2.35. The number of piperidine rings is 1. The average molecular weight is 407 g/mol. The van der Waals surface area contributed by atoms with Crippen molar-refractivity contribution < 1.29 is 4.74 Å². The summed E-state index contributed by atoms with van der Waals surface area (Å²) >= 11 is 0. The van der Waals surface area contributed by atoms with Crippen LogP contribution in [0.15, 0.2) is 42.6 Å². The van der Waals surface area contributed by atoms with Crippen LogP contribution < -0.4 is 4.74 Å². The number of rotatable bonds is 8. The molecule has 0 aliphatic carbocycles. The topological polar surface area (TPSA) is 44.4 Å². The number of benzene rings is 1. The van der Waals surface area contributed by atoms with Crippen LogP contribution in [0.5, 0.6) is 5.75 Å². The predicted molar refractivity (Wildman–Crippen MR) is 124 cm³/mol. The Hall–Kier alpha value is -2.37. The zero-order valence-corrected chi connectivity index (χ0v) is 18.5. The second-order valence-corrected chi connectivity index (χ2v) is 8.34. The number of fused-ring (bicyclic) bond motifs is 1. The highest BCUT2D eigenvalue weighted by Gasteiger charge is 2.24. The van der Waals surface area contributed by atoms with Crippen molar-refractivity contribution in [3.8, 4) is 17.0 Å². The van der Waals surface area contributed by atoms with Crippen LogP contribution in [0.25, 0.3) is 22.3 Å². The molecule has 2 aromatic heterocycles. The van der Waals surface area contributed by atoms with Crippen LogP contribution in [0, 0.1) is 5.92 Å². The van der Waals surface area contributed by atoms with Crippen molar-refractivity contribution >= 4 is 11.0 Å². The molecule has 5 heteroatoms. The number of ether oxygens (including phenoxy) is 1. The lowest BCUT2D eigenvalue weighted by molar-refractivity contribution is 0.133. The summed E-state index contributed by atoms with van der Waals surface area (Å²) in [4.78, 5) is 13.4. The zero-order valence-electron chi connectivity index (χ0n) is 18.5. The second kappa shape index (κ2) is 9.63. The number of aromatic nitrogens is 2. The number of pyridine rings is 1. The monoisotopic (exact) mass is 406 g/mol. The van der Waals surface area contributed by atoms with Gasteiger partial charge >= 0.3 is 0 Å². The molecule has 1 saturated heterocycles. The van der Waals surface area contributed by atoms with Gasteiger partial charge in [0.05, 0.1) is 12.8 Å². The summed E-state index contributed by atoms with van der Waals surface area (Å²) in [7, 11) is 1.71. The molecule has 0 spiro atoms. The average Bonchev–Trinajstić information content (AvgIpc) is 3.16. The molecule has 0 saturated carbocycles. The highest BCUT2D eigenvalue weighted by Crippen LogP contribution is 2.32. The highest BCUT2D eigenvalue weighted by molar-refractivity contribution is 5.88. The Kier molecular flexibility index (Phi) is 6.70. The molecule has 0 bridgehead atoms. The fourth-order valence-corrected chi connectivity index (χ4v) is 4.76. The van der Waals surface area contributed by atoms with Crippen LogP contribution in [0.2, 0.25) is 0 Å². The van der Waals surface area contributed by atoms with Crippen molar-refractivity contribution in [1.82, 2.24) is 19.8 Å². The van der Waals surface area contributed by atoms with E-state index < -0.39 is 0 Å². The van der Waals surface area contributed by atoms with E-state index in [9.17, 15) is 0 Å². The Bertz CT molecular complexity index is 945. The minimum atomic E-state index is 0.756. The third-order valence-electron chi connectivity index (χ3n) is 6.45. The van der Waals surface area contributed by atoms with Gasteiger partial charge in [0.15, 0.2) is 0 Å². The van der Waals surface area contributed by atoms with Gasteiger partial charge in [0.1, 0.15) is 11.4 Å². The van der Waals surface area contributed by atoms with E-state index in [2.05, 4.69) is 51.8 Å². The number of hydrogen-bond donors (Lipinski definition) is 1. The Morgan fingerprint density at radius 3 is 2.70 bits per heavy atom. The van der Waals surface area contributed by atoms with E-state index in [1.165, 1.54) is 54.7 Å². The number of likely N-dealkylation sites (tertiary alicyclic amines) is 1. The Labute approximate surface area is 180 Å². The molecular formula is C25H34N4O. The molecule has 1 aromatic carbocycles. The van der Waals surface area contributed by atoms with Crippen LogP contribution in [0.3, 0.4) is 0 Å². The molecule has 4 rings (SSSR count). The van der Waals surface area contributed by atoms with E-state index >= 15 is 0 Å². The van der Waals surface area contributed by atoms with Crippen molar-refractivity contribution in [2.24, 2.45) is 5.92 Å². The number of H-pyrrole nitrogens is 1. The van der Waals surface area contributed by atoms with Crippen LogP contribution in [-0.4, -0.2) is 59.6 Å². The Balaban J connectivity index is 1.59. The molecule has 1 atom stereocenters. The van der Waals surface area contributed by atoms with Gasteiger partial charge in [-0.15, -0.1) is 0 Å². The van der Waals surface area contributed by atoms with Crippen molar-refractivity contribution in [2.45, 2.75) is 33.2 Å². The third-order valence-corrected chi connectivity index (χ3v) is 6.45. The van der Waals surface area contributed by atoms with Gasteiger partial charge in [0.2, 0.25) is 0 Å². The van der Waals surface area contributed by atoms with Gasteiger partial charge in [-0.05, 0) is 80.4 Å². The third kappa shape index (κ3) is 4.52. The van der Waals surface area contributed by atoms with Gasteiger partial charge in [-0.1, -0.05) is 13.8 Å². The fraction of sp³-hybridized carbons (Fsp3) is 0.480. The molecule has 0 radical (unpaired) electrons. The molecule has 160 valence electrons. The van der Waals surface area contributed by atoms with Crippen molar-refractivity contribution in [3.63, 3.8) is 0 Å². The van der Waals surface area contributed by atoms with Gasteiger partial charge in [-0.25, -0.2) is 4.98 Å². The fourth-order valence-electron chi connectivity index (χ4n) is 4.76. The van der Waals surface area contributed by atoms with Crippen molar-refractivity contribution in [3.05, 3.63) is 48.2 Å². The molecule has 1 N–H and O–H groups in total. The summed E-state index contributed by atoms with van der Waals surface area (Å²) in [6.45, 7) is 11.3. The molecule has 0 amide bonds. The number of aromatic amines is 1. The van der Waals surface area contributed by atoms with Gasteiger partial charge in [0, 0.05) is 36.8 Å². The van der Waals surface area contributed by atoms with Crippen LogP contribution in [0.1, 0.15) is 32.3 Å². The predicted octanol–water partition coefficient (Wildman–Crippen LogP) is 4.79. The van der Waals surface area contributed by atoms with Crippen LogP contribution in [0.4, 0.5) is 0 Å². The van der Waals surface area contributed by atoms with E-state index in [1.807, 2.05) is 24.4 Å². The minimum absolute atomic E-state index is 0.756. The number of hydrogen-bond acceptors (Lipinski definition) is 4. The van der Waals surface area contributed by atoms with E-state index in [4.69, 9.17) is 4.74 Å². The Morgan fingerprint density at radius 1 is 1.17 bits per heavy atom. The van der Waals surface area contributed by atoms with Gasteiger partial charge < -0.3 is 14.6 Å². The van der Waals surface area contributed by atoms with E-state index in [0.717, 1.165) is 36.9 Å². The molecule has 30 heavy (non-hydrogen) atoms. The summed E-state index contributed by atoms with van der Waals surface area (Å²) < 4.78 is 5.34. The maximum atomic E-state index is 5.34. The SMILES string of the molecule is CCN(CC)CC1CCCN(Cc2c(-c3ccc(OC)cc3)[nH]c3ncccc23)C1. The van der Waals surface area contributed by atoms with Crippen LogP contribution in [-0.2, 0) is 6.54 Å². The maximum Gasteiger partial charge on any atom is 0.138 e. The first kappa shape index (κ1) is 20.9.